The molecule has 0 bridgehead atoms. The highest BCUT2D eigenvalue weighted by atomic mass is 32.1. The Morgan fingerprint density at radius 1 is 1.30 bits per heavy atom. The number of rotatable bonds is 4. The van der Waals surface area contributed by atoms with Crippen LogP contribution in [0.3, 0.4) is 0 Å². The van der Waals surface area contributed by atoms with Crippen molar-refractivity contribution in [1.29, 1.82) is 0 Å². The van der Waals surface area contributed by atoms with E-state index in [1.165, 1.54) is 29.5 Å². The molecule has 1 aromatic heterocycles. The van der Waals surface area contributed by atoms with E-state index in [0.29, 0.717) is 30.8 Å². The number of anilines is 2. The highest BCUT2D eigenvalue weighted by molar-refractivity contribution is 7.14. The Bertz CT molecular complexity index is 853. The van der Waals surface area contributed by atoms with Gasteiger partial charge in [0.2, 0.25) is 5.91 Å². The van der Waals surface area contributed by atoms with Gasteiger partial charge in [0.05, 0.1) is 15.8 Å². The lowest BCUT2D eigenvalue weighted by molar-refractivity contribution is -0.384. The zero-order valence-electron chi connectivity index (χ0n) is 14.8. The Balaban J connectivity index is 1.61. The van der Waals surface area contributed by atoms with Gasteiger partial charge in [-0.05, 0) is 48.9 Å². The molecule has 3 rings (SSSR count). The summed E-state index contributed by atoms with van der Waals surface area (Å²) in [5, 5.41) is 19.1. The maximum atomic E-state index is 12.6. The summed E-state index contributed by atoms with van der Waals surface area (Å²) < 4.78 is 0. The third-order valence-corrected chi connectivity index (χ3v) is 5.29. The van der Waals surface area contributed by atoms with Crippen LogP contribution in [0.1, 0.15) is 18.4 Å². The zero-order valence-corrected chi connectivity index (χ0v) is 15.6. The number of nitrogens with one attached hydrogen (secondary N) is 2. The molecule has 1 fully saturated rings. The van der Waals surface area contributed by atoms with Crippen LogP contribution in [-0.4, -0.2) is 34.9 Å². The third kappa shape index (κ3) is 4.62. The fourth-order valence-corrected chi connectivity index (χ4v) is 3.65. The van der Waals surface area contributed by atoms with E-state index >= 15 is 0 Å². The molecule has 1 unspecified atom stereocenters. The predicted molar refractivity (Wildman–Crippen MR) is 104 cm³/mol. The molecule has 0 spiro atoms. The number of carbonyl (C=O) groups is 2. The number of hydrogen-bond donors (Lipinski definition) is 2. The smallest absolute Gasteiger partial charge is 0.322 e. The van der Waals surface area contributed by atoms with E-state index in [1.54, 1.807) is 11.8 Å². The number of thiophene rings is 1. The van der Waals surface area contributed by atoms with E-state index in [0.717, 1.165) is 11.4 Å². The minimum Gasteiger partial charge on any atom is -0.326 e. The summed E-state index contributed by atoms with van der Waals surface area (Å²) in [4.78, 5) is 37.0. The Hall–Kier alpha value is -2.94. The number of nitrogens with zero attached hydrogens (tertiary/aromatic N) is 2. The van der Waals surface area contributed by atoms with Crippen molar-refractivity contribution in [2.45, 2.75) is 19.8 Å². The second-order valence-corrected chi connectivity index (χ2v) is 7.39. The molecule has 9 heteroatoms. The van der Waals surface area contributed by atoms with E-state index in [4.69, 9.17) is 0 Å². The van der Waals surface area contributed by atoms with Gasteiger partial charge in [-0.15, -0.1) is 11.3 Å². The van der Waals surface area contributed by atoms with Crippen molar-refractivity contribution >= 4 is 39.7 Å². The molecule has 27 heavy (non-hydrogen) atoms. The summed E-state index contributed by atoms with van der Waals surface area (Å²) in [5.41, 5.74) is 1.16. The molecular weight excluding hydrogens is 368 g/mol. The number of nitro groups is 1. The maximum absolute atomic E-state index is 12.6. The molecule has 8 nitrogen and oxygen atoms in total. The van der Waals surface area contributed by atoms with Crippen LogP contribution >= 0.6 is 11.3 Å². The van der Waals surface area contributed by atoms with E-state index in [1.807, 2.05) is 17.5 Å². The Labute approximate surface area is 160 Å². The molecule has 1 aliphatic rings. The highest BCUT2D eigenvalue weighted by Gasteiger charge is 2.29. The molecule has 3 amide bonds. The van der Waals surface area contributed by atoms with Gasteiger partial charge in [-0.2, -0.15) is 0 Å². The molecule has 2 aromatic rings. The average Bonchev–Trinajstić information content (AvgIpc) is 3.16. The van der Waals surface area contributed by atoms with Gasteiger partial charge in [-0.25, -0.2) is 4.79 Å². The van der Waals surface area contributed by atoms with Crippen LogP contribution in [0.25, 0.3) is 0 Å². The molecule has 2 heterocycles. The van der Waals surface area contributed by atoms with Crippen LogP contribution in [0.2, 0.25) is 0 Å². The number of piperidine rings is 1. The minimum absolute atomic E-state index is 0.0143. The molecular formula is C18H20N4O4S. The summed E-state index contributed by atoms with van der Waals surface area (Å²) in [5.74, 6) is -0.497. The monoisotopic (exact) mass is 388 g/mol. The van der Waals surface area contributed by atoms with Crippen molar-refractivity contribution in [1.82, 2.24) is 4.90 Å². The van der Waals surface area contributed by atoms with Crippen LogP contribution in [0.15, 0.2) is 35.7 Å². The zero-order chi connectivity index (χ0) is 19.4. The Morgan fingerprint density at radius 2 is 2.11 bits per heavy atom. The first-order valence-corrected chi connectivity index (χ1v) is 9.47. The van der Waals surface area contributed by atoms with Gasteiger partial charge in [0.1, 0.15) is 0 Å². The number of hydrogen-bond acceptors (Lipinski definition) is 5. The minimum atomic E-state index is -0.468. The predicted octanol–water partition coefficient (Wildman–Crippen LogP) is 3.85. The van der Waals surface area contributed by atoms with E-state index in [2.05, 4.69) is 10.6 Å². The molecule has 0 saturated carbocycles. The third-order valence-electron chi connectivity index (χ3n) is 4.51. The first kappa shape index (κ1) is 18.8. The normalized spacial score (nSPS) is 16.6. The number of likely N-dealkylation sites (tertiary alicyclic amines) is 1. The number of aryl methyl sites for hydroxylation is 1. The number of benzene rings is 1. The van der Waals surface area contributed by atoms with Gasteiger partial charge in [0.25, 0.3) is 5.69 Å². The standard InChI is InChI=1S/C18H20N4O4S/c1-12-10-14(22(25)26)6-7-15(12)19-17(23)13-4-2-8-21(11-13)18(24)20-16-5-3-9-27-16/h3,5-7,9-10,13H,2,4,8,11H2,1H3,(H,19,23)(H,20,24). The number of amides is 3. The van der Waals surface area contributed by atoms with Gasteiger partial charge in [-0.3, -0.25) is 20.2 Å². The fourth-order valence-electron chi connectivity index (χ4n) is 3.05. The summed E-state index contributed by atoms with van der Waals surface area (Å²) in [7, 11) is 0. The van der Waals surface area contributed by atoms with Crippen LogP contribution in [0.5, 0.6) is 0 Å². The molecule has 0 aliphatic carbocycles. The topological polar surface area (TPSA) is 105 Å². The lowest BCUT2D eigenvalue weighted by atomic mass is 9.97. The van der Waals surface area contributed by atoms with Crippen molar-refractivity contribution in [3.8, 4) is 0 Å². The van der Waals surface area contributed by atoms with Crippen molar-refractivity contribution in [3.05, 3.63) is 51.4 Å². The highest BCUT2D eigenvalue weighted by Crippen LogP contribution is 2.24. The van der Waals surface area contributed by atoms with E-state index < -0.39 is 4.92 Å². The molecule has 1 saturated heterocycles. The first-order chi connectivity index (χ1) is 12.9. The summed E-state index contributed by atoms with van der Waals surface area (Å²) >= 11 is 1.44. The summed E-state index contributed by atoms with van der Waals surface area (Å²) in [6, 6.07) is 7.81. The van der Waals surface area contributed by atoms with Gasteiger partial charge < -0.3 is 10.2 Å². The second-order valence-electron chi connectivity index (χ2n) is 6.44. The van der Waals surface area contributed by atoms with Gasteiger partial charge >= 0.3 is 6.03 Å². The quantitative estimate of drug-likeness (QED) is 0.613. The van der Waals surface area contributed by atoms with Gasteiger partial charge in [0, 0.05) is 30.9 Å². The van der Waals surface area contributed by atoms with E-state index in [9.17, 15) is 19.7 Å². The molecule has 1 atom stereocenters. The molecule has 0 radical (unpaired) electrons. The number of carbonyl (C=O) groups excluding carboxylic acids is 2. The first-order valence-electron chi connectivity index (χ1n) is 8.59. The van der Waals surface area contributed by atoms with Crippen molar-refractivity contribution < 1.29 is 14.5 Å². The molecule has 1 aliphatic heterocycles. The van der Waals surface area contributed by atoms with Crippen molar-refractivity contribution in [2.75, 3.05) is 23.7 Å². The largest absolute Gasteiger partial charge is 0.326 e. The lowest BCUT2D eigenvalue weighted by Gasteiger charge is -2.32. The molecule has 142 valence electrons. The molecule has 2 N–H and O–H groups in total. The fraction of sp³-hybridized carbons (Fsp3) is 0.333. The summed E-state index contributed by atoms with van der Waals surface area (Å²) in [6.07, 6.45) is 1.44. The van der Waals surface area contributed by atoms with Crippen molar-refractivity contribution in [2.24, 2.45) is 5.92 Å². The van der Waals surface area contributed by atoms with Gasteiger partial charge in [0.15, 0.2) is 0 Å². The number of urea groups is 1. The van der Waals surface area contributed by atoms with Crippen LogP contribution < -0.4 is 10.6 Å². The van der Waals surface area contributed by atoms with Gasteiger partial charge in [-0.1, -0.05) is 0 Å². The molecule has 1 aromatic carbocycles. The Kier molecular flexibility index (Phi) is 5.70. The maximum Gasteiger partial charge on any atom is 0.322 e. The average molecular weight is 388 g/mol. The SMILES string of the molecule is Cc1cc([N+](=O)[O-])ccc1NC(=O)C1CCCN(C(=O)Nc2cccs2)C1. The Morgan fingerprint density at radius 3 is 2.78 bits per heavy atom. The van der Waals surface area contributed by atoms with Crippen molar-refractivity contribution in [3.63, 3.8) is 0 Å². The van der Waals surface area contributed by atoms with Crippen LogP contribution in [-0.2, 0) is 4.79 Å². The summed E-state index contributed by atoms with van der Waals surface area (Å²) in [6.45, 7) is 2.66. The van der Waals surface area contributed by atoms with E-state index in [-0.39, 0.29) is 23.5 Å². The lowest BCUT2D eigenvalue weighted by Crippen LogP contribution is -2.45. The number of nitro benzene ring substituents is 1. The van der Waals surface area contributed by atoms with Crippen LogP contribution in [0, 0.1) is 23.0 Å². The van der Waals surface area contributed by atoms with Crippen LogP contribution in [0.4, 0.5) is 21.2 Å². The number of non-ortho nitro benzene ring substituents is 1. The second kappa shape index (κ2) is 8.17.